The molecule has 0 fully saturated rings. The summed E-state index contributed by atoms with van der Waals surface area (Å²) in [7, 11) is 0. The third-order valence-electron chi connectivity index (χ3n) is 0.744. The molecule has 1 unspecified atom stereocenters. The van der Waals surface area contributed by atoms with Crippen LogP contribution in [0.25, 0.3) is 0 Å². The van der Waals surface area contributed by atoms with Crippen molar-refractivity contribution in [2.75, 3.05) is 6.61 Å². The molecule has 0 rings (SSSR count). The highest BCUT2D eigenvalue weighted by molar-refractivity contribution is 4.64. The largest absolute Gasteiger partial charge is 0.465 e. The van der Waals surface area contributed by atoms with Crippen molar-refractivity contribution >= 4 is 0 Å². The molecular formula is C7H12O2. The van der Waals surface area contributed by atoms with Crippen LogP contribution >= 0.6 is 0 Å². The highest BCUT2D eigenvalue weighted by Crippen LogP contribution is 1.91. The Bertz CT molecular complexity index is 103. The second-order valence-electron chi connectivity index (χ2n) is 1.48. The molecule has 9 heavy (non-hydrogen) atoms. The summed E-state index contributed by atoms with van der Waals surface area (Å²) in [4.78, 5) is 0. The van der Waals surface area contributed by atoms with Crippen molar-refractivity contribution in [3.8, 4) is 0 Å². The zero-order chi connectivity index (χ0) is 7.11. The van der Waals surface area contributed by atoms with Gasteiger partial charge in [0.25, 0.3) is 0 Å². The standard InChI is InChI=1S/C7H12O2/c1-4-6-9-7(3)8-5-2/h6-7H,1,5H2,2-3H3. The molecule has 0 spiro atoms. The van der Waals surface area contributed by atoms with Crippen molar-refractivity contribution in [2.45, 2.75) is 20.1 Å². The fourth-order valence-electron chi connectivity index (χ4n) is 0.418. The van der Waals surface area contributed by atoms with Crippen LogP contribution in [0.5, 0.6) is 0 Å². The van der Waals surface area contributed by atoms with E-state index in [0.717, 1.165) is 0 Å². The van der Waals surface area contributed by atoms with Gasteiger partial charge in [-0.3, -0.25) is 0 Å². The summed E-state index contributed by atoms with van der Waals surface area (Å²) in [5.41, 5.74) is 2.48. The lowest BCUT2D eigenvalue weighted by molar-refractivity contribution is -0.0879. The Morgan fingerprint density at radius 3 is 2.89 bits per heavy atom. The second kappa shape index (κ2) is 5.42. The highest BCUT2D eigenvalue weighted by Gasteiger charge is 1.94. The summed E-state index contributed by atoms with van der Waals surface area (Å²) < 4.78 is 9.93. The fourth-order valence-corrected chi connectivity index (χ4v) is 0.418. The van der Waals surface area contributed by atoms with E-state index in [0.29, 0.717) is 6.61 Å². The van der Waals surface area contributed by atoms with Crippen LogP contribution in [0.4, 0.5) is 0 Å². The van der Waals surface area contributed by atoms with Crippen molar-refractivity contribution in [1.82, 2.24) is 0 Å². The SMILES string of the molecule is C=C=COC(C)OCC. The Balaban J connectivity index is 3.25. The van der Waals surface area contributed by atoms with Crippen LogP contribution in [-0.2, 0) is 9.47 Å². The molecule has 0 saturated heterocycles. The van der Waals surface area contributed by atoms with Crippen LogP contribution in [0.15, 0.2) is 18.6 Å². The van der Waals surface area contributed by atoms with E-state index in [1.54, 1.807) is 0 Å². The van der Waals surface area contributed by atoms with Gasteiger partial charge in [0, 0.05) is 6.61 Å². The molecule has 0 aliphatic carbocycles. The Morgan fingerprint density at radius 2 is 2.44 bits per heavy atom. The predicted molar refractivity (Wildman–Crippen MR) is 35.9 cm³/mol. The first-order valence-corrected chi connectivity index (χ1v) is 2.92. The number of hydrogen-bond donors (Lipinski definition) is 0. The van der Waals surface area contributed by atoms with E-state index in [1.165, 1.54) is 6.26 Å². The van der Waals surface area contributed by atoms with Crippen molar-refractivity contribution < 1.29 is 9.47 Å². The minimum Gasteiger partial charge on any atom is -0.465 e. The molecule has 1 atom stereocenters. The molecule has 52 valence electrons. The van der Waals surface area contributed by atoms with Gasteiger partial charge in [0.15, 0.2) is 6.29 Å². The van der Waals surface area contributed by atoms with Gasteiger partial charge in [-0.1, -0.05) is 12.3 Å². The van der Waals surface area contributed by atoms with E-state index in [2.05, 4.69) is 12.3 Å². The van der Waals surface area contributed by atoms with Gasteiger partial charge in [-0.15, -0.1) is 0 Å². The van der Waals surface area contributed by atoms with Gasteiger partial charge in [-0.2, -0.15) is 0 Å². The molecule has 0 amide bonds. The predicted octanol–water partition coefficient (Wildman–Crippen LogP) is 1.68. The third-order valence-corrected chi connectivity index (χ3v) is 0.744. The van der Waals surface area contributed by atoms with E-state index < -0.39 is 0 Å². The molecule has 2 heteroatoms. The van der Waals surface area contributed by atoms with Gasteiger partial charge >= 0.3 is 0 Å². The van der Waals surface area contributed by atoms with E-state index in [9.17, 15) is 0 Å². The van der Waals surface area contributed by atoms with E-state index in [-0.39, 0.29) is 6.29 Å². The molecule has 0 aromatic carbocycles. The number of ether oxygens (including phenoxy) is 2. The Kier molecular flexibility index (Phi) is 4.98. The van der Waals surface area contributed by atoms with Crippen LogP contribution in [0.3, 0.4) is 0 Å². The smallest absolute Gasteiger partial charge is 0.196 e. The highest BCUT2D eigenvalue weighted by atomic mass is 16.7. The Morgan fingerprint density at radius 1 is 1.78 bits per heavy atom. The van der Waals surface area contributed by atoms with Gasteiger partial charge < -0.3 is 9.47 Å². The zero-order valence-corrected chi connectivity index (χ0v) is 5.89. The maximum atomic E-state index is 5.02. The molecule has 0 N–H and O–H groups in total. The number of rotatable bonds is 4. The first-order chi connectivity index (χ1) is 4.31. The van der Waals surface area contributed by atoms with E-state index in [4.69, 9.17) is 9.47 Å². The van der Waals surface area contributed by atoms with Crippen molar-refractivity contribution in [3.05, 3.63) is 18.6 Å². The lowest BCUT2D eigenvalue weighted by Crippen LogP contribution is -2.08. The minimum atomic E-state index is -0.191. The van der Waals surface area contributed by atoms with Crippen molar-refractivity contribution in [1.29, 1.82) is 0 Å². The molecule has 0 saturated carbocycles. The van der Waals surface area contributed by atoms with Crippen LogP contribution in [0.1, 0.15) is 13.8 Å². The van der Waals surface area contributed by atoms with Gasteiger partial charge in [-0.05, 0) is 13.8 Å². The molecule has 0 aliphatic heterocycles. The summed E-state index contributed by atoms with van der Waals surface area (Å²) in [6.07, 6.45) is 1.20. The normalized spacial score (nSPS) is 11.8. The van der Waals surface area contributed by atoms with Crippen molar-refractivity contribution in [2.24, 2.45) is 0 Å². The Hall–Kier alpha value is -0.720. The molecule has 0 bridgehead atoms. The molecular weight excluding hydrogens is 116 g/mol. The first-order valence-electron chi connectivity index (χ1n) is 2.92. The van der Waals surface area contributed by atoms with Crippen molar-refractivity contribution in [3.63, 3.8) is 0 Å². The summed E-state index contributed by atoms with van der Waals surface area (Å²) in [6, 6.07) is 0. The zero-order valence-electron chi connectivity index (χ0n) is 5.89. The summed E-state index contributed by atoms with van der Waals surface area (Å²) in [5, 5.41) is 0. The maximum Gasteiger partial charge on any atom is 0.196 e. The molecule has 2 nitrogen and oxygen atoms in total. The van der Waals surface area contributed by atoms with Gasteiger partial charge in [0.1, 0.15) is 6.26 Å². The van der Waals surface area contributed by atoms with Crippen LogP contribution in [-0.4, -0.2) is 12.9 Å². The molecule has 0 aromatic rings. The number of hydrogen-bond acceptors (Lipinski definition) is 2. The molecule has 0 heterocycles. The lowest BCUT2D eigenvalue weighted by atomic mass is 10.7. The summed E-state index contributed by atoms with van der Waals surface area (Å²) >= 11 is 0. The third kappa shape index (κ3) is 5.15. The summed E-state index contributed by atoms with van der Waals surface area (Å²) in [6.45, 7) is 7.72. The second-order valence-corrected chi connectivity index (χ2v) is 1.48. The Labute approximate surface area is 55.8 Å². The fraction of sp³-hybridized carbons (Fsp3) is 0.571. The van der Waals surface area contributed by atoms with E-state index >= 15 is 0 Å². The van der Waals surface area contributed by atoms with Gasteiger partial charge in [-0.25, -0.2) is 0 Å². The van der Waals surface area contributed by atoms with Gasteiger partial charge in [0.2, 0.25) is 0 Å². The van der Waals surface area contributed by atoms with Crippen LogP contribution in [0, 0.1) is 0 Å². The molecule has 0 radical (unpaired) electrons. The van der Waals surface area contributed by atoms with Crippen LogP contribution < -0.4 is 0 Å². The topological polar surface area (TPSA) is 18.5 Å². The van der Waals surface area contributed by atoms with Crippen LogP contribution in [0.2, 0.25) is 0 Å². The first kappa shape index (κ1) is 8.28. The van der Waals surface area contributed by atoms with Gasteiger partial charge in [0.05, 0.1) is 0 Å². The monoisotopic (exact) mass is 128 g/mol. The average Bonchev–Trinajstić information content (AvgIpc) is 1.85. The quantitative estimate of drug-likeness (QED) is 0.326. The molecule has 0 aliphatic rings. The minimum absolute atomic E-state index is 0.191. The average molecular weight is 128 g/mol. The van der Waals surface area contributed by atoms with E-state index in [1.807, 2.05) is 13.8 Å². The molecule has 0 aromatic heterocycles. The lowest BCUT2D eigenvalue weighted by Gasteiger charge is -2.08. The maximum absolute atomic E-state index is 5.02. The summed E-state index contributed by atoms with van der Waals surface area (Å²) in [5.74, 6) is 0.